The normalized spacial score (nSPS) is 21.4. The van der Waals surface area contributed by atoms with E-state index in [-0.39, 0.29) is 22.9 Å². The zero-order valence-electron chi connectivity index (χ0n) is 39.0. The van der Waals surface area contributed by atoms with Crippen LogP contribution in [0.2, 0.25) is 0 Å². The largest absolute Gasteiger partial charge is 0.505 e. The van der Waals surface area contributed by atoms with E-state index >= 15 is 0 Å². The van der Waals surface area contributed by atoms with E-state index in [1.165, 1.54) is 40.3 Å². The van der Waals surface area contributed by atoms with Crippen molar-refractivity contribution in [2.24, 2.45) is 0 Å². The molecule has 2 aromatic heterocycles. The number of hydrogen-bond acceptors (Lipinski definition) is 18. The molecule has 0 saturated carbocycles. The highest BCUT2D eigenvalue weighted by Crippen LogP contribution is 2.29. The van der Waals surface area contributed by atoms with Gasteiger partial charge in [0.25, 0.3) is 23.6 Å². The van der Waals surface area contributed by atoms with Gasteiger partial charge in [-0.3, -0.25) is 47.9 Å². The minimum Gasteiger partial charge on any atom is -0.505 e. The van der Waals surface area contributed by atoms with E-state index in [1.54, 1.807) is 48.5 Å². The van der Waals surface area contributed by atoms with Gasteiger partial charge in [0, 0.05) is 62.0 Å². The number of benzene rings is 2. The predicted octanol–water partition coefficient (Wildman–Crippen LogP) is 0.850. The Morgan fingerprint density at radius 2 is 0.958 bits per heavy atom. The van der Waals surface area contributed by atoms with Gasteiger partial charge < -0.3 is 51.1 Å². The summed E-state index contributed by atoms with van der Waals surface area (Å²) in [6.45, 7) is 6.10. The lowest BCUT2D eigenvalue weighted by atomic mass is 10.1. The van der Waals surface area contributed by atoms with Crippen molar-refractivity contribution < 1.29 is 58.2 Å². The Morgan fingerprint density at radius 3 is 1.33 bits per heavy atom. The summed E-state index contributed by atoms with van der Waals surface area (Å²) in [6.07, 6.45) is 0. The molecule has 72 heavy (non-hydrogen) atoms. The highest BCUT2D eigenvalue weighted by atomic mass is 33.1. The summed E-state index contributed by atoms with van der Waals surface area (Å²) < 4.78 is 0. The van der Waals surface area contributed by atoms with E-state index in [9.17, 15) is 58.2 Å². The molecule has 4 heterocycles. The molecule has 22 nitrogen and oxygen atoms in total. The van der Waals surface area contributed by atoms with Crippen molar-refractivity contribution in [3.05, 3.63) is 96.6 Å². The van der Waals surface area contributed by atoms with Crippen LogP contribution in [0.15, 0.2) is 85.2 Å². The number of hydrogen-bond donors (Lipinski definition) is 6. The number of fused-ring (bicyclic) bond motifs is 7. The van der Waals surface area contributed by atoms with Gasteiger partial charge in [-0.2, -0.15) is 0 Å². The fourth-order valence-corrected chi connectivity index (χ4v) is 11.2. The van der Waals surface area contributed by atoms with Crippen LogP contribution in [-0.2, 0) is 38.4 Å². The quantitative estimate of drug-likeness (QED) is 0.122. The van der Waals surface area contributed by atoms with Crippen LogP contribution < -0.4 is 21.3 Å². The van der Waals surface area contributed by atoms with Gasteiger partial charge in [-0.1, -0.05) is 94.7 Å². The molecule has 2 bridgehead atoms. The second kappa shape index (κ2) is 23.8. The predicted molar refractivity (Wildman–Crippen MR) is 272 cm³/mol. The number of nitrogens with one attached hydrogen (secondary N) is 4. The number of para-hydroxylation sites is 2. The number of likely N-dealkylation sites (N-methyl/N-ethyl adjacent to an activating group) is 4. The maximum Gasteiger partial charge on any atom is 0.274 e. The monoisotopic (exact) mass is 1060 g/mol. The second-order valence-corrected chi connectivity index (χ2v) is 20.6. The number of rotatable bonds is 4. The first kappa shape index (κ1) is 54.2. The number of pyridine rings is 2. The van der Waals surface area contributed by atoms with Crippen molar-refractivity contribution in [3.8, 4) is 11.5 Å². The van der Waals surface area contributed by atoms with Gasteiger partial charge in [-0.25, -0.2) is 9.97 Å². The zero-order valence-corrected chi connectivity index (χ0v) is 42.3. The fourth-order valence-electron chi connectivity index (χ4n) is 6.93. The number of amides is 8. The third kappa shape index (κ3) is 12.6. The Labute approximate surface area is 427 Å². The number of aromatic hydroxyl groups is 2. The average Bonchev–Trinajstić information content (AvgIpc) is 3.37. The van der Waals surface area contributed by atoms with Crippen LogP contribution in [0.1, 0.15) is 21.0 Å². The number of thioether (sulfide) groups is 2. The molecule has 6 rings (SSSR count). The van der Waals surface area contributed by atoms with E-state index in [1.807, 2.05) is 0 Å². The third-order valence-electron chi connectivity index (χ3n) is 11.4. The summed E-state index contributed by atoms with van der Waals surface area (Å²) in [7, 11) is 7.06. The van der Waals surface area contributed by atoms with E-state index in [2.05, 4.69) is 44.4 Å². The summed E-state index contributed by atoms with van der Waals surface area (Å²) in [5, 5.41) is 30.6. The second-order valence-electron chi connectivity index (χ2n) is 16.1. The molecular formula is C46H48N10O12S4. The van der Waals surface area contributed by atoms with Crippen molar-refractivity contribution in [3.63, 3.8) is 0 Å². The van der Waals surface area contributed by atoms with Crippen LogP contribution in [0.4, 0.5) is 0 Å². The summed E-state index contributed by atoms with van der Waals surface area (Å²) in [6, 6.07) is 9.97. The molecule has 26 heteroatoms. The average molecular weight is 1060 g/mol. The first-order valence-corrected chi connectivity index (χ1v) is 26.0. The molecule has 2 saturated heterocycles. The maximum absolute atomic E-state index is 14.3. The lowest BCUT2D eigenvalue weighted by Gasteiger charge is -2.33. The molecule has 2 aliphatic rings. The summed E-state index contributed by atoms with van der Waals surface area (Å²) >= 11 is 0.967. The smallest absolute Gasteiger partial charge is 0.274 e. The van der Waals surface area contributed by atoms with Crippen LogP contribution in [-0.4, -0.2) is 186 Å². The van der Waals surface area contributed by atoms with Gasteiger partial charge in [-0.05, 0) is 24.3 Å². The van der Waals surface area contributed by atoms with Gasteiger partial charge >= 0.3 is 0 Å². The van der Waals surface area contributed by atoms with Crippen molar-refractivity contribution in [2.45, 2.75) is 24.2 Å². The van der Waals surface area contributed by atoms with Gasteiger partial charge in [0.2, 0.25) is 33.9 Å². The molecule has 2 aromatic carbocycles. The van der Waals surface area contributed by atoms with Crippen LogP contribution in [0, 0.1) is 0 Å². The Hall–Kier alpha value is -7.16. The van der Waals surface area contributed by atoms with Gasteiger partial charge in [0.05, 0.1) is 35.5 Å². The molecule has 2 aliphatic heterocycles. The van der Waals surface area contributed by atoms with Crippen LogP contribution >= 0.6 is 45.1 Å². The minimum atomic E-state index is -1.58. The number of carbonyl (C=O) groups is 10. The molecule has 378 valence electrons. The van der Waals surface area contributed by atoms with Crippen LogP contribution in [0.25, 0.3) is 21.8 Å². The van der Waals surface area contributed by atoms with E-state index in [0.29, 0.717) is 45.3 Å². The Morgan fingerprint density at radius 1 is 0.597 bits per heavy atom. The molecule has 6 N–H and O–H groups in total. The van der Waals surface area contributed by atoms with Gasteiger partial charge in [0.1, 0.15) is 35.7 Å². The highest BCUT2D eigenvalue weighted by Gasteiger charge is 2.37. The van der Waals surface area contributed by atoms with E-state index in [0.717, 1.165) is 41.2 Å². The Kier molecular flexibility index (Phi) is 17.9. The van der Waals surface area contributed by atoms with Crippen LogP contribution in [0.3, 0.4) is 0 Å². The molecule has 0 radical (unpaired) electrons. The topological polar surface area (TPSA) is 298 Å². The molecule has 4 aromatic rings. The highest BCUT2D eigenvalue weighted by molar-refractivity contribution is 8.76. The summed E-state index contributed by atoms with van der Waals surface area (Å²) in [4.78, 5) is 151. The van der Waals surface area contributed by atoms with Gasteiger partial charge in [0.15, 0.2) is 11.4 Å². The maximum atomic E-state index is 14.3. The van der Waals surface area contributed by atoms with Crippen LogP contribution in [0.5, 0.6) is 11.5 Å². The standard InChI is InChI=1S/C46H48N10O12S4/c1-23-45(67)69-19-29(51-41(63)37-33(57)15-25-11-7-9-13-27(25)49-37)39(61)47-18-36(60)56(6)32-22-72-71-21-31(43(65)53(23)3)55(5)35(59)17-48-40(62)30(20-70-46(68)24(2)54(4)44(32)66)52-42(64)38-34(58)16-26-12-8-10-14-28(26)50-38/h7-16,29-32,57-58H,1-2,17-22H2,3-6H3,(H,47,61)(H,48,62)(H,51,63)(H,52,64)/t29-,30-,31+,32+/m1/s1. The zero-order chi connectivity index (χ0) is 52.6. The fraction of sp³-hybridized carbons (Fsp3) is 0.304. The van der Waals surface area contributed by atoms with E-state index in [4.69, 9.17) is 0 Å². The summed E-state index contributed by atoms with van der Waals surface area (Å²) in [5.41, 5.74) is -0.971. The molecule has 2 fully saturated rings. The minimum absolute atomic E-state index is 0.185. The molecule has 0 aliphatic carbocycles. The SMILES string of the molecule is C=C1C(=O)SC[C@@H](NC(=O)c2nc3ccccc3cc2O)C(=O)NCC(=O)N(C)[C@H]2CSSC[C@@H](C(=O)N1C)N(C)C(=O)CNC(=O)[C@H](NC(=O)c1nc3ccccc3cc1O)CSC(=O)C(=C)N(C)C2=O. The Bertz CT molecular complexity index is 2730. The van der Waals surface area contributed by atoms with Gasteiger partial charge in [-0.15, -0.1) is 0 Å². The lowest BCUT2D eigenvalue weighted by molar-refractivity contribution is -0.142. The molecule has 4 atom stereocenters. The number of carbonyl (C=O) groups excluding carboxylic acids is 10. The van der Waals surface area contributed by atoms with Crippen molar-refractivity contribution >= 4 is 124 Å². The van der Waals surface area contributed by atoms with Crippen molar-refractivity contribution in [1.29, 1.82) is 0 Å². The number of nitrogens with zero attached hydrogens (tertiary/aromatic N) is 6. The molecule has 0 unspecified atom stereocenters. The summed E-state index contributed by atoms with van der Waals surface area (Å²) in [5.74, 6) is -9.60. The van der Waals surface area contributed by atoms with Crippen molar-refractivity contribution in [2.75, 3.05) is 64.3 Å². The van der Waals surface area contributed by atoms with E-state index < -0.39 is 129 Å². The molecule has 0 spiro atoms. The number of aromatic nitrogens is 2. The first-order chi connectivity index (χ1) is 34.2. The first-order valence-electron chi connectivity index (χ1n) is 21.6. The third-order valence-corrected chi connectivity index (χ3v) is 15.8. The van der Waals surface area contributed by atoms with Crippen molar-refractivity contribution in [1.82, 2.24) is 50.8 Å². The Balaban J connectivity index is 1.31. The molecular weight excluding hydrogens is 1010 g/mol. The molecule has 8 amide bonds. The lowest BCUT2D eigenvalue weighted by Crippen LogP contribution is -2.55.